The van der Waals surface area contributed by atoms with Crippen LogP contribution >= 0.6 is 0 Å². The minimum absolute atomic E-state index is 0.000383. The van der Waals surface area contributed by atoms with Crippen molar-refractivity contribution in [1.29, 1.82) is 0 Å². The van der Waals surface area contributed by atoms with Crippen molar-refractivity contribution in [2.75, 3.05) is 11.8 Å². The molecule has 0 saturated heterocycles. The SMILES string of the molecule is COc1ccc(NS(=O)(=O)c2ccc(CCC(=O)O)cc2)cc1Cc1ccccc1. The topological polar surface area (TPSA) is 92.7 Å². The number of aryl methyl sites for hydroxylation is 1. The van der Waals surface area contributed by atoms with Gasteiger partial charge in [0.25, 0.3) is 10.0 Å². The van der Waals surface area contributed by atoms with Crippen LogP contribution in [0.5, 0.6) is 5.75 Å². The van der Waals surface area contributed by atoms with Gasteiger partial charge < -0.3 is 9.84 Å². The largest absolute Gasteiger partial charge is 0.496 e. The maximum Gasteiger partial charge on any atom is 0.303 e. The Balaban J connectivity index is 1.79. The normalized spacial score (nSPS) is 11.1. The Labute approximate surface area is 176 Å². The summed E-state index contributed by atoms with van der Waals surface area (Å²) in [6, 6.07) is 21.2. The molecule has 0 aliphatic rings. The summed E-state index contributed by atoms with van der Waals surface area (Å²) in [5.74, 6) is -0.205. The minimum Gasteiger partial charge on any atom is -0.496 e. The van der Waals surface area contributed by atoms with Crippen LogP contribution in [-0.2, 0) is 27.7 Å². The Morgan fingerprint density at radius 1 is 0.967 bits per heavy atom. The number of benzene rings is 3. The van der Waals surface area contributed by atoms with E-state index in [2.05, 4.69) is 4.72 Å². The molecule has 3 aromatic carbocycles. The molecule has 6 nitrogen and oxygen atoms in total. The Hall–Kier alpha value is -3.32. The highest BCUT2D eigenvalue weighted by atomic mass is 32.2. The lowest BCUT2D eigenvalue weighted by Crippen LogP contribution is -2.13. The maximum absolute atomic E-state index is 12.8. The second-order valence-corrected chi connectivity index (χ2v) is 8.51. The Morgan fingerprint density at radius 2 is 1.67 bits per heavy atom. The van der Waals surface area contributed by atoms with Gasteiger partial charge in [0.05, 0.1) is 12.0 Å². The molecule has 156 valence electrons. The van der Waals surface area contributed by atoms with Gasteiger partial charge in [0.2, 0.25) is 0 Å². The van der Waals surface area contributed by atoms with Crippen molar-refractivity contribution in [3.05, 3.63) is 89.5 Å². The fourth-order valence-corrected chi connectivity index (χ4v) is 4.15. The molecule has 0 fully saturated rings. The highest BCUT2D eigenvalue weighted by Gasteiger charge is 2.15. The lowest BCUT2D eigenvalue weighted by atomic mass is 10.0. The number of ether oxygens (including phenoxy) is 1. The van der Waals surface area contributed by atoms with Crippen LogP contribution in [0.2, 0.25) is 0 Å². The van der Waals surface area contributed by atoms with Crippen molar-refractivity contribution in [3.8, 4) is 5.75 Å². The van der Waals surface area contributed by atoms with Gasteiger partial charge in [0.1, 0.15) is 5.75 Å². The zero-order valence-electron chi connectivity index (χ0n) is 16.5. The Bertz CT molecular complexity index is 1110. The van der Waals surface area contributed by atoms with E-state index in [9.17, 15) is 13.2 Å². The molecule has 0 aromatic heterocycles. The van der Waals surface area contributed by atoms with Gasteiger partial charge in [-0.1, -0.05) is 42.5 Å². The van der Waals surface area contributed by atoms with Crippen LogP contribution in [0, 0.1) is 0 Å². The number of carboxylic acids is 1. The number of aliphatic carboxylic acids is 1. The predicted molar refractivity (Wildman–Crippen MR) is 115 cm³/mol. The van der Waals surface area contributed by atoms with Gasteiger partial charge in [0, 0.05) is 24.1 Å². The zero-order valence-corrected chi connectivity index (χ0v) is 17.4. The summed E-state index contributed by atoms with van der Waals surface area (Å²) in [5.41, 5.74) is 3.17. The third kappa shape index (κ3) is 5.61. The smallest absolute Gasteiger partial charge is 0.303 e. The van der Waals surface area contributed by atoms with E-state index in [0.717, 1.165) is 16.7 Å². The highest BCUT2D eigenvalue weighted by Crippen LogP contribution is 2.27. The first-order valence-electron chi connectivity index (χ1n) is 9.42. The van der Waals surface area contributed by atoms with Gasteiger partial charge in [-0.2, -0.15) is 0 Å². The van der Waals surface area contributed by atoms with Crippen molar-refractivity contribution in [2.45, 2.75) is 24.2 Å². The van der Waals surface area contributed by atoms with Crippen LogP contribution in [0.4, 0.5) is 5.69 Å². The van der Waals surface area contributed by atoms with Crippen LogP contribution in [0.15, 0.2) is 77.7 Å². The summed E-state index contributed by atoms with van der Waals surface area (Å²) in [7, 11) is -2.19. The highest BCUT2D eigenvalue weighted by molar-refractivity contribution is 7.92. The molecule has 0 aliphatic heterocycles. The number of methoxy groups -OCH3 is 1. The van der Waals surface area contributed by atoms with Crippen molar-refractivity contribution in [2.24, 2.45) is 0 Å². The predicted octanol–water partition coefficient (Wildman–Crippen LogP) is 4.10. The molecule has 0 heterocycles. The van der Waals surface area contributed by atoms with E-state index in [1.54, 1.807) is 37.4 Å². The van der Waals surface area contributed by atoms with Crippen LogP contribution in [0.1, 0.15) is 23.1 Å². The number of anilines is 1. The van der Waals surface area contributed by atoms with Gasteiger partial charge in [-0.3, -0.25) is 9.52 Å². The lowest BCUT2D eigenvalue weighted by molar-refractivity contribution is -0.136. The van der Waals surface area contributed by atoms with E-state index in [1.807, 2.05) is 30.3 Å². The average molecular weight is 426 g/mol. The van der Waals surface area contributed by atoms with Crippen molar-refractivity contribution < 1.29 is 23.1 Å². The van der Waals surface area contributed by atoms with E-state index in [1.165, 1.54) is 12.1 Å². The molecule has 7 heteroatoms. The van der Waals surface area contributed by atoms with Crippen LogP contribution in [-0.4, -0.2) is 26.6 Å². The van der Waals surface area contributed by atoms with Gasteiger partial charge >= 0.3 is 5.97 Å². The third-order valence-electron chi connectivity index (χ3n) is 4.63. The third-order valence-corrected chi connectivity index (χ3v) is 6.03. The van der Waals surface area contributed by atoms with E-state index >= 15 is 0 Å². The molecule has 0 spiro atoms. The van der Waals surface area contributed by atoms with Crippen LogP contribution < -0.4 is 9.46 Å². The number of hydrogen-bond donors (Lipinski definition) is 2. The van der Waals surface area contributed by atoms with Crippen molar-refractivity contribution >= 4 is 21.7 Å². The molecule has 3 rings (SSSR count). The van der Waals surface area contributed by atoms with Crippen LogP contribution in [0.3, 0.4) is 0 Å². The molecule has 0 radical (unpaired) electrons. The molecular formula is C23H23NO5S. The van der Waals surface area contributed by atoms with E-state index in [-0.39, 0.29) is 11.3 Å². The Morgan fingerprint density at radius 3 is 2.30 bits per heavy atom. The molecule has 0 bridgehead atoms. The summed E-state index contributed by atoms with van der Waals surface area (Å²) >= 11 is 0. The zero-order chi connectivity index (χ0) is 21.6. The minimum atomic E-state index is -3.78. The molecule has 2 N–H and O–H groups in total. The summed E-state index contributed by atoms with van der Waals surface area (Å²) in [6.07, 6.45) is 0.961. The molecule has 0 unspecified atom stereocenters. The Kier molecular flexibility index (Phi) is 6.74. The number of hydrogen-bond acceptors (Lipinski definition) is 4. The second-order valence-electron chi connectivity index (χ2n) is 6.83. The summed E-state index contributed by atoms with van der Waals surface area (Å²) in [4.78, 5) is 10.8. The number of carboxylic acid groups (broad SMARTS) is 1. The van der Waals surface area contributed by atoms with Gasteiger partial charge in [-0.25, -0.2) is 8.42 Å². The lowest BCUT2D eigenvalue weighted by Gasteiger charge is -2.13. The first-order chi connectivity index (χ1) is 14.4. The van der Waals surface area contributed by atoms with Crippen molar-refractivity contribution in [3.63, 3.8) is 0 Å². The van der Waals surface area contributed by atoms with E-state index in [0.29, 0.717) is 24.3 Å². The van der Waals surface area contributed by atoms with Crippen molar-refractivity contribution in [1.82, 2.24) is 0 Å². The number of rotatable bonds is 9. The monoisotopic (exact) mass is 425 g/mol. The molecule has 0 amide bonds. The summed E-state index contributed by atoms with van der Waals surface area (Å²) in [5, 5.41) is 8.76. The van der Waals surface area contributed by atoms with Gasteiger partial charge in [-0.15, -0.1) is 0 Å². The fourth-order valence-electron chi connectivity index (χ4n) is 3.10. The van der Waals surface area contributed by atoms with Crippen LogP contribution in [0.25, 0.3) is 0 Å². The fraction of sp³-hybridized carbons (Fsp3) is 0.174. The molecular weight excluding hydrogens is 402 g/mol. The quantitative estimate of drug-likeness (QED) is 0.538. The first-order valence-corrected chi connectivity index (χ1v) is 10.9. The van der Waals surface area contributed by atoms with Gasteiger partial charge in [0.15, 0.2) is 0 Å². The summed E-state index contributed by atoms with van der Waals surface area (Å²) < 4.78 is 33.6. The number of nitrogens with one attached hydrogen (secondary N) is 1. The molecule has 30 heavy (non-hydrogen) atoms. The molecule has 0 aliphatic carbocycles. The number of carbonyl (C=O) groups is 1. The molecule has 0 atom stereocenters. The maximum atomic E-state index is 12.8. The average Bonchev–Trinajstić information content (AvgIpc) is 2.73. The molecule has 0 saturated carbocycles. The first kappa shape index (κ1) is 21.4. The van der Waals surface area contributed by atoms with E-state index < -0.39 is 16.0 Å². The standard InChI is InChI=1S/C23H23NO5S/c1-29-22-13-10-20(16-19(22)15-18-5-3-2-4-6-18)24-30(27,28)21-11-7-17(8-12-21)9-14-23(25)26/h2-8,10-13,16,24H,9,14-15H2,1H3,(H,25,26). The van der Waals surface area contributed by atoms with E-state index in [4.69, 9.17) is 9.84 Å². The summed E-state index contributed by atoms with van der Waals surface area (Å²) in [6.45, 7) is 0. The number of sulfonamides is 1. The molecule has 3 aromatic rings. The second kappa shape index (κ2) is 9.45. The van der Waals surface area contributed by atoms with Gasteiger partial charge in [-0.05, 0) is 47.9 Å².